The van der Waals surface area contributed by atoms with Crippen molar-refractivity contribution in [2.45, 2.75) is 26.3 Å². The molecule has 0 unspecified atom stereocenters. The first-order valence-corrected chi connectivity index (χ1v) is 11.5. The molecule has 170 valence electrons. The third kappa shape index (κ3) is 4.71. The SMILES string of the molecule is CCOC(=O)Cn1c(=NC(=O)c2ccc(N3C(=O)CCC3=O)cc2)sc2cc(Cl)cc(Cl)c21. The van der Waals surface area contributed by atoms with Crippen LogP contribution in [0.2, 0.25) is 10.0 Å². The predicted molar refractivity (Wildman–Crippen MR) is 125 cm³/mol. The van der Waals surface area contributed by atoms with Crippen LogP contribution in [0.5, 0.6) is 0 Å². The first-order valence-electron chi connectivity index (χ1n) is 9.97. The summed E-state index contributed by atoms with van der Waals surface area (Å²) in [6.45, 7) is 1.73. The Labute approximate surface area is 202 Å². The number of rotatable bonds is 5. The number of nitrogens with zero attached hydrogens (tertiary/aromatic N) is 3. The molecular weight excluding hydrogens is 489 g/mol. The number of esters is 1. The number of imide groups is 1. The highest BCUT2D eigenvalue weighted by molar-refractivity contribution is 7.16. The Bertz CT molecular complexity index is 1340. The summed E-state index contributed by atoms with van der Waals surface area (Å²) in [5.41, 5.74) is 1.17. The van der Waals surface area contributed by atoms with E-state index in [0.717, 1.165) is 16.2 Å². The minimum Gasteiger partial charge on any atom is -0.465 e. The second-order valence-corrected chi connectivity index (χ2v) is 8.95. The molecule has 1 fully saturated rings. The van der Waals surface area contributed by atoms with Crippen molar-refractivity contribution in [2.75, 3.05) is 11.5 Å². The van der Waals surface area contributed by atoms with Gasteiger partial charge in [0, 0.05) is 23.4 Å². The lowest BCUT2D eigenvalue weighted by molar-refractivity contribution is -0.143. The van der Waals surface area contributed by atoms with Gasteiger partial charge in [0.1, 0.15) is 6.54 Å². The summed E-state index contributed by atoms with van der Waals surface area (Å²) >= 11 is 13.6. The Morgan fingerprint density at radius 2 is 1.76 bits per heavy atom. The number of anilines is 1. The third-order valence-corrected chi connectivity index (χ3v) is 6.44. The predicted octanol–water partition coefficient (Wildman–Crippen LogP) is 3.97. The summed E-state index contributed by atoms with van der Waals surface area (Å²) in [7, 11) is 0. The van der Waals surface area contributed by atoms with Gasteiger partial charge in [0.2, 0.25) is 11.8 Å². The van der Waals surface area contributed by atoms with Gasteiger partial charge in [-0.3, -0.25) is 24.1 Å². The largest absolute Gasteiger partial charge is 0.465 e. The van der Waals surface area contributed by atoms with Gasteiger partial charge >= 0.3 is 5.97 Å². The van der Waals surface area contributed by atoms with E-state index in [1.54, 1.807) is 19.1 Å². The van der Waals surface area contributed by atoms with Gasteiger partial charge < -0.3 is 9.30 Å². The molecule has 33 heavy (non-hydrogen) atoms. The smallest absolute Gasteiger partial charge is 0.326 e. The van der Waals surface area contributed by atoms with Crippen LogP contribution in [0, 0.1) is 0 Å². The average molecular weight is 506 g/mol. The molecule has 1 aliphatic heterocycles. The van der Waals surface area contributed by atoms with Crippen LogP contribution in [-0.2, 0) is 25.7 Å². The Hall–Kier alpha value is -3.01. The molecule has 1 saturated heterocycles. The van der Waals surface area contributed by atoms with E-state index in [0.29, 0.717) is 25.9 Å². The molecule has 0 radical (unpaired) electrons. The van der Waals surface area contributed by atoms with Crippen LogP contribution in [-0.4, -0.2) is 34.9 Å². The molecular formula is C22H17Cl2N3O5S. The summed E-state index contributed by atoms with van der Waals surface area (Å²) in [5.74, 6) is -1.61. The number of hydrogen-bond acceptors (Lipinski definition) is 6. The summed E-state index contributed by atoms with van der Waals surface area (Å²) < 4.78 is 7.22. The summed E-state index contributed by atoms with van der Waals surface area (Å²) in [6, 6.07) is 9.26. The van der Waals surface area contributed by atoms with Crippen LogP contribution in [0.15, 0.2) is 41.4 Å². The van der Waals surface area contributed by atoms with Gasteiger partial charge in [0.25, 0.3) is 5.91 Å². The molecule has 0 saturated carbocycles. The third-order valence-electron chi connectivity index (χ3n) is 4.91. The fourth-order valence-corrected chi connectivity index (χ4v) is 5.28. The standard InChI is InChI=1S/C22H17Cl2N3O5S/c1-2-32-19(30)11-26-20-15(24)9-13(23)10-16(20)33-22(26)25-21(31)12-3-5-14(6-4-12)27-17(28)7-8-18(27)29/h3-6,9-10H,2,7-8,11H2,1H3. The topological polar surface area (TPSA) is 98.0 Å². The quantitative estimate of drug-likeness (QED) is 0.386. The second kappa shape index (κ2) is 9.46. The normalized spacial score (nSPS) is 14.4. The van der Waals surface area contributed by atoms with E-state index >= 15 is 0 Å². The summed E-state index contributed by atoms with van der Waals surface area (Å²) in [5, 5.41) is 0.729. The molecule has 3 aromatic rings. The molecule has 3 amide bonds. The highest BCUT2D eigenvalue weighted by Gasteiger charge is 2.30. The van der Waals surface area contributed by atoms with E-state index in [1.165, 1.54) is 28.8 Å². The van der Waals surface area contributed by atoms with E-state index < -0.39 is 11.9 Å². The van der Waals surface area contributed by atoms with Gasteiger partial charge in [0.05, 0.1) is 27.5 Å². The molecule has 0 atom stereocenters. The van der Waals surface area contributed by atoms with Gasteiger partial charge in [-0.15, -0.1) is 0 Å². The fraction of sp³-hybridized carbons (Fsp3) is 0.227. The number of fused-ring (bicyclic) bond motifs is 1. The number of ether oxygens (including phenoxy) is 1. The molecule has 0 spiro atoms. The molecule has 0 N–H and O–H groups in total. The number of hydrogen-bond donors (Lipinski definition) is 0. The zero-order valence-electron chi connectivity index (χ0n) is 17.3. The number of halogens is 2. The number of aromatic nitrogens is 1. The minimum absolute atomic E-state index is 0.174. The van der Waals surface area contributed by atoms with Crippen LogP contribution in [0.25, 0.3) is 10.2 Å². The lowest BCUT2D eigenvalue weighted by atomic mass is 10.2. The molecule has 0 aliphatic carbocycles. The Kier molecular flexibility index (Phi) is 6.64. The molecule has 0 bridgehead atoms. The molecule has 11 heteroatoms. The summed E-state index contributed by atoms with van der Waals surface area (Å²) in [6.07, 6.45) is 0.349. The van der Waals surface area contributed by atoms with E-state index in [-0.39, 0.29) is 48.2 Å². The van der Waals surface area contributed by atoms with E-state index in [2.05, 4.69) is 4.99 Å². The van der Waals surface area contributed by atoms with Crippen LogP contribution >= 0.6 is 34.5 Å². The maximum atomic E-state index is 12.9. The van der Waals surface area contributed by atoms with Crippen molar-refractivity contribution >= 4 is 74.1 Å². The molecule has 2 aromatic carbocycles. The number of thiazole rings is 1. The molecule has 8 nitrogen and oxygen atoms in total. The first-order chi connectivity index (χ1) is 15.8. The van der Waals surface area contributed by atoms with Crippen LogP contribution in [0.3, 0.4) is 0 Å². The van der Waals surface area contributed by atoms with Gasteiger partial charge in [-0.1, -0.05) is 34.5 Å². The van der Waals surface area contributed by atoms with E-state index in [9.17, 15) is 19.2 Å². The highest BCUT2D eigenvalue weighted by Crippen LogP contribution is 2.30. The number of carbonyl (C=O) groups is 4. The number of benzene rings is 2. The zero-order valence-corrected chi connectivity index (χ0v) is 19.7. The van der Waals surface area contributed by atoms with Gasteiger partial charge in [-0.25, -0.2) is 0 Å². The molecule has 4 rings (SSSR count). The van der Waals surface area contributed by atoms with Gasteiger partial charge in [0.15, 0.2) is 4.80 Å². The Morgan fingerprint density at radius 1 is 1.09 bits per heavy atom. The van der Waals surface area contributed by atoms with Crippen molar-refractivity contribution in [2.24, 2.45) is 4.99 Å². The summed E-state index contributed by atoms with van der Waals surface area (Å²) in [4.78, 5) is 54.4. The molecule has 1 aromatic heterocycles. The maximum Gasteiger partial charge on any atom is 0.326 e. The lowest BCUT2D eigenvalue weighted by Gasteiger charge is -2.13. The zero-order chi connectivity index (χ0) is 23.7. The van der Waals surface area contributed by atoms with Crippen LogP contribution < -0.4 is 9.70 Å². The van der Waals surface area contributed by atoms with Crippen LogP contribution in [0.1, 0.15) is 30.1 Å². The first kappa shape index (κ1) is 23.2. The Balaban J connectivity index is 1.72. The molecule has 1 aliphatic rings. The van der Waals surface area contributed by atoms with Crippen molar-refractivity contribution in [3.63, 3.8) is 0 Å². The molecule has 2 heterocycles. The van der Waals surface area contributed by atoms with Crippen molar-refractivity contribution in [1.82, 2.24) is 4.57 Å². The average Bonchev–Trinajstić information content (AvgIpc) is 3.27. The fourth-order valence-electron chi connectivity index (χ4n) is 3.47. The lowest BCUT2D eigenvalue weighted by Crippen LogP contribution is -2.28. The maximum absolute atomic E-state index is 12.9. The second-order valence-electron chi connectivity index (χ2n) is 7.10. The van der Waals surface area contributed by atoms with Crippen LogP contribution in [0.4, 0.5) is 5.69 Å². The van der Waals surface area contributed by atoms with Crippen molar-refractivity contribution in [3.8, 4) is 0 Å². The monoisotopic (exact) mass is 505 g/mol. The number of amides is 3. The van der Waals surface area contributed by atoms with Gasteiger partial charge in [-0.2, -0.15) is 4.99 Å². The van der Waals surface area contributed by atoms with E-state index in [1.807, 2.05) is 0 Å². The van der Waals surface area contributed by atoms with E-state index in [4.69, 9.17) is 27.9 Å². The highest BCUT2D eigenvalue weighted by atomic mass is 35.5. The minimum atomic E-state index is -0.563. The van der Waals surface area contributed by atoms with Crippen molar-refractivity contribution in [1.29, 1.82) is 0 Å². The van der Waals surface area contributed by atoms with Crippen molar-refractivity contribution in [3.05, 3.63) is 56.8 Å². The Morgan fingerprint density at radius 3 is 2.39 bits per heavy atom. The number of carbonyl (C=O) groups excluding carboxylic acids is 4. The van der Waals surface area contributed by atoms with Crippen molar-refractivity contribution < 1.29 is 23.9 Å². The van der Waals surface area contributed by atoms with Gasteiger partial charge in [-0.05, 0) is 43.3 Å².